The van der Waals surface area contributed by atoms with Crippen LogP contribution in [0.5, 0.6) is 0 Å². The van der Waals surface area contributed by atoms with Crippen molar-refractivity contribution in [2.45, 2.75) is 76.0 Å². The molecule has 41 heavy (non-hydrogen) atoms. The van der Waals surface area contributed by atoms with Crippen molar-refractivity contribution in [1.82, 2.24) is 18.8 Å². The first-order valence-electron chi connectivity index (χ1n) is 14.3. The zero-order valence-electron chi connectivity index (χ0n) is 23.6. The molecule has 1 aliphatic carbocycles. The van der Waals surface area contributed by atoms with Gasteiger partial charge in [-0.3, -0.25) is 9.78 Å². The van der Waals surface area contributed by atoms with Crippen LogP contribution in [0, 0.1) is 0 Å². The van der Waals surface area contributed by atoms with E-state index in [1.54, 1.807) is 24.4 Å². The Labute approximate surface area is 247 Å². The Morgan fingerprint density at radius 2 is 1.76 bits per heavy atom. The third-order valence-electron chi connectivity index (χ3n) is 7.94. The molecule has 1 aliphatic rings. The number of aromatic nitrogens is 2. The van der Waals surface area contributed by atoms with Gasteiger partial charge >= 0.3 is 0 Å². The van der Waals surface area contributed by atoms with Crippen molar-refractivity contribution >= 4 is 38.4 Å². The maximum atomic E-state index is 14.1. The topological polar surface area (TPSA) is 75.5 Å². The summed E-state index contributed by atoms with van der Waals surface area (Å²) < 4.78 is 31.5. The van der Waals surface area contributed by atoms with Crippen LogP contribution >= 0.6 is 11.6 Å². The fourth-order valence-corrected chi connectivity index (χ4v) is 7.67. The predicted octanol–water partition coefficient (Wildman–Crippen LogP) is 6.50. The molecule has 0 N–H and O–H groups in total. The van der Waals surface area contributed by atoms with Gasteiger partial charge in [-0.1, -0.05) is 67.3 Å². The van der Waals surface area contributed by atoms with Crippen molar-refractivity contribution in [2.24, 2.45) is 0 Å². The summed E-state index contributed by atoms with van der Waals surface area (Å²) in [5.41, 5.74) is 2.40. The highest BCUT2D eigenvalue weighted by Gasteiger charge is 2.34. The second kappa shape index (κ2) is 12.8. The zero-order chi connectivity index (χ0) is 29.0. The highest BCUT2D eigenvalue weighted by molar-refractivity contribution is 7.89. The summed E-state index contributed by atoms with van der Waals surface area (Å²) in [5, 5.41) is 1.44. The van der Waals surface area contributed by atoms with Crippen LogP contribution in [-0.2, 0) is 27.9 Å². The van der Waals surface area contributed by atoms with E-state index in [1.165, 1.54) is 4.31 Å². The van der Waals surface area contributed by atoms with Crippen molar-refractivity contribution in [1.29, 1.82) is 0 Å². The van der Waals surface area contributed by atoms with Gasteiger partial charge in [0.25, 0.3) is 0 Å². The molecule has 0 atom stereocenters. The highest BCUT2D eigenvalue weighted by atomic mass is 35.5. The number of halogens is 1. The monoisotopic (exact) mass is 592 g/mol. The van der Waals surface area contributed by atoms with Crippen molar-refractivity contribution in [2.75, 3.05) is 6.54 Å². The van der Waals surface area contributed by atoms with Crippen LogP contribution in [0.4, 0.5) is 0 Å². The SMILES string of the molecule is CC(C)N(CC(=O)N(Cc1cccn1Cc1ccccc1Cl)C1CCCCC1)S(=O)(=O)c1cccc2cccnc12. The van der Waals surface area contributed by atoms with E-state index in [0.29, 0.717) is 23.6 Å². The zero-order valence-corrected chi connectivity index (χ0v) is 25.2. The quantitative estimate of drug-likeness (QED) is 0.211. The Morgan fingerprint density at radius 1 is 1.00 bits per heavy atom. The number of amides is 1. The summed E-state index contributed by atoms with van der Waals surface area (Å²) in [4.78, 5) is 20.5. The molecule has 216 valence electrons. The molecule has 0 spiro atoms. The van der Waals surface area contributed by atoms with Crippen LogP contribution in [0.1, 0.15) is 57.2 Å². The number of para-hydroxylation sites is 1. The molecule has 1 fully saturated rings. The van der Waals surface area contributed by atoms with Gasteiger partial charge in [0.15, 0.2) is 0 Å². The molecule has 2 aromatic carbocycles. The molecular formula is C32H37ClN4O3S. The van der Waals surface area contributed by atoms with Gasteiger partial charge in [-0.25, -0.2) is 8.42 Å². The standard InChI is InChI=1S/C32H37ClN4O3S/c1-24(2)37(41(39,40)30-18-8-12-25-13-9-19-34-32(25)30)23-31(38)36(27-14-4-3-5-15-27)22-28-16-10-20-35(28)21-26-11-6-7-17-29(26)33/h6-13,16-20,24,27H,3-5,14-15,21-23H2,1-2H3. The van der Waals surface area contributed by atoms with Crippen LogP contribution in [0.25, 0.3) is 10.9 Å². The van der Waals surface area contributed by atoms with Crippen LogP contribution in [0.2, 0.25) is 5.02 Å². The minimum Gasteiger partial charge on any atom is -0.345 e. The Balaban J connectivity index is 1.44. The normalized spacial score (nSPS) is 14.7. The number of carbonyl (C=O) groups is 1. The van der Waals surface area contributed by atoms with Gasteiger partial charge in [-0.2, -0.15) is 4.31 Å². The molecule has 0 bridgehead atoms. The van der Waals surface area contributed by atoms with E-state index in [9.17, 15) is 13.2 Å². The summed E-state index contributed by atoms with van der Waals surface area (Å²) in [6, 6.07) is 20.2. The first kappa shape index (κ1) is 29.3. The van der Waals surface area contributed by atoms with Gasteiger partial charge in [0, 0.05) is 47.1 Å². The summed E-state index contributed by atoms with van der Waals surface area (Å²) in [5.74, 6) is -0.187. The Bertz CT molecular complexity index is 1610. The van der Waals surface area contributed by atoms with Gasteiger partial charge in [-0.15, -0.1) is 0 Å². The maximum Gasteiger partial charge on any atom is 0.245 e. The summed E-state index contributed by atoms with van der Waals surface area (Å²) in [7, 11) is -4.00. The van der Waals surface area contributed by atoms with E-state index in [4.69, 9.17) is 11.6 Å². The minimum atomic E-state index is -4.00. The van der Waals surface area contributed by atoms with E-state index < -0.39 is 16.1 Å². The van der Waals surface area contributed by atoms with E-state index in [2.05, 4.69) is 9.55 Å². The summed E-state index contributed by atoms with van der Waals surface area (Å²) >= 11 is 6.44. The number of pyridine rings is 1. The molecule has 4 aromatic rings. The van der Waals surface area contributed by atoms with Crippen molar-refractivity contribution in [3.05, 3.63) is 95.4 Å². The van der Waals surface area contributed by atoms with E-state index in [1.807, 2.05) is 73.5 Å². The molecule has 0 aliphatic heterocycles. The highest BCUT2D eigenvalue weighted by Crippen LogP contribution is 2.28. The number of nitrogens with zero attached hydrogens (tertiary/aromatic N) is 4. The predicted molar refractivity (Wildman–Crippen MR) is 163 cm³/mol. The third kappa shape index (κ3) is 6.50. The summed E-state index contributed by atoms with van der Waals surface area (Å²) in [6.45, 7) is 4.38. The smallest absolute Gasteiger partial charge is 0.245 e. The molecule has 0 radical (unpaired) electrons. The number of benzene rings is 2. The average Bonchev–Trinajstić information content (AvgIpc) is 3.42. The molecule has 2 heterocycles. The first-order chi connectivity index (χ1) is 19.8. The van der Waals surface area contributed by atoms with E-state index >= 15 is 0 Å². The molecule has 0 saturated heterocycles. The lowest BCUT2D eigenvalue weighted by molar-refractivity contribution is -0.135. The third-order valence-corrected chi connectivity index (χ3v) is 10.4. The minimum absolute atomic E-state index is 0.0656. The Morgan fingerprint density at radius 3 is 2.51 bits per heavy atom. The van der Waals surface area contributed by atoms with Crippen LogP contribution in [-0.4, -0.2) is 51.7 Å². The molecule has 1 saturated carbocycles. The van der Waals surface area contributed by atoms with Crippen LogP contribution in [0.3, 0.4) is 0 Å². The fraction of sp³-hybridized carbons (Fsp3) is 0.375. The average molecular weight is 593 g/mol. The Kier molecular flexibility index (Phi) is 9.12. The molecule has 1 amide bonds. The summed E-state index contributed by atoms with van der Waals surface area (Å²) in [6.07, 6.45) is 8.69. The number of fused-ring (bicyclic) bond motifs is 1. The number of hydrogen-bond acceptors (Lipinski definition) is 4. The van der Waals surface area contributed by atoms with E-state index in [0.717, 1.165) is 48.7 Å². The van der Waals surface area contributed by atoms with E-state index in [-0.39, 0.29) is 23.4 Å². The largest absolute Gasteiger partial charge is 0.345 e. The Hall–Kier alpha value is -3.20. The second-order valence-electron chi connectivity index (χ2n) is 11.0. The molecule has 0 unspecified atom stereocenters. The maximum absolute atomic E-state index is 14.1. The number of sulfonamides is 1. The van der Waals surface area contributed by atoms with Crippen LogP contribution in [0.15, 0.2) is 84.0 Å². The van der Waals surface area contributed by atoms with Crippen molar-refractivity contribution in [3.63, 3.8) is 0 Å². The lowest BCUT2D eigenvalue weighted by Crippen LogP contribution is -2.49. The number of carbonyl (C=O) groups excluding carboxylic acids is 1. The lowest BCUT2D eigenvalue weighted by atomic mass is 9.94. The molecule has 2 aromatic heterocycles. The molecule has 5 rings (SSSR count). The van der Waals surface area contributed by atoms with Gasteiger partial charge in [0.05, 0.1) is 18.6 Å². The van der Waals surface area contributed by atoms with Gasteiger partial charge < -0.3 is 9.47 Å². The fourth-order valence-electron chi connectivity index (χ4n) is 5.73. The van der Waals surface area contributed by atoms with Crippen molar-refractivity contribution < 1.29 is 13.2 Å². The first-order valence-corrected chi connectivity index (χ1v) is 16.1. The molecule has 7 nitrogen and oxygen atoms in total. The van der Waals surface area contributed by atoms with Crippen molar-refractivity contribution in [3.8, 4) is 0 Å². The number of rotatable bonds is 10. The van der Waals surface area contributed by atoms with Gasteiger partial charge in [-0.05, 0) is 62.6 Å². The lowest BCUT2D eigenvalue weighted by Gasteiger charge is -2.36. The van der Waals surface area contributed by atoms with Crippen LogP contribution < -0.4 is 0 Å². The van der Waals surface area contributed by atoms with Gasteiger partial charge in [0.1, 0.15) is 4.90 Å². The number of hydrogen-bond donors (Lipinski definition) is 0. The van der Waals surface area contributed by atoms with Gasteiger partial charge in [0.2, 0.25) is 15.9 Å². The second-order valence-corrected chi connectivity index (χ2v) is 13.3. The molecule has 9 heteroatoms. The molecular weight excluding hydrogens is 556 g/mol.